The van der Waals surface area contributed by atoms with E-state index in [9.17, 15) is 19.5 Å². The normalized spacial score (nSPS) is 14.3. The summed E-state index contributed by atoms with van der Waals surface area (Å²) in [6.45, 7) is 3.80. The molecule has 1 fully saturated rings. The minimum absolute atomic E-state index is 0.117. The van der Waals surface area contributed by atoms with E-state index in [-0.39, 0.29) is 11.5 Å². The molecule has 4 N–H and O–H groups in total. The molecular weight excluding hydrogens is 478 g/mol. The number of carboxylic acid groups (broad SMARTS) is 1. The SMILES string of the molecule is C#CCc1cc(C)c(NC(=O)Nc2cc3ccccc3cc2C(=O)N[C@H](C(=O)O)C2CCCCC2)c(C)c1. The summed E-state index contributed by atoms with van der Waals surface area (Å²) in [5.41, 5.74) is 3.91. The molecule has 1 aliphatic rings. The minimum Gasteiger partial charge on any atom is -0.480 e. The molecular formula is C31H33N3O4. The van der Waals surface area contributed by atoms with Gasteiger partial charge in [-0.05, 0) is 72.2 Å². The maximum absolute atomic E-state index is 13.5. The quantitative estimate of drug-likeness (QED) is 0.290. The monoisotopic (exact) mass is 511 g/mol. The zero-order valence-corrected chi connectivity index (χ0v) is 21.8. The summed E-state index contributed by atoms with van der Waals surface area (Å²) < 4.78 is 0. The van der Waals surface area contributed by atoms with Crippen molar-refractivity contribution in [2.45, 2.75) is 58.4 Å². The second-order valence-corrected chi connectivity index (χ2v) is 10.00. The number of carbonyl (C=O) groups is 3. The average Bonchev–Trinajstić information content (AvgIpc) is 2.89. The Morgan fingerprint density at radius 1 is 0.974 bits per heavy atom. The molecule has 196 valence electrons. The molecule has 38 heavy (non-hydrogen) atoms. The molecule has 0 saturated heterocycles. The minimum atomic E-state index is -1.04. The number of hydrogen-bond donors (Lipinski definition) is 4. The van der Waals surface area contributed by atoms with Crippen molar-refractivity contribution in [2.75, 3.05) is 10.6 Å². The molecule has 7 nitrogen and oxygen atoms in total. The van der Waals surface area contributed by atoms with Crippen molar-refractivity contribution in [3.63, 3.8) is 0 Å². The van der Waals surface area contributed by atoms with Crippen molar-refractivity contribution < 1.29 is 19.5 Å². The average molecular weight is 512 g/mol. The number of aliphatic carboxylic acids is 1. The summed E-state index contributed by atoms with van der Waals surface area (Å²) in [6.07, 6.45) is 10.5. The highest BCUT2D eigenvalue weighted by Gasteiger charge is 2.31. The first kappa shape index (κ1) is 26.7. The number of carboxylic acids is 1. The van der Waals surface area contributed by atoms with Crippen molar-refractivity contribution in [1.82, 2.24) is 5.32 Å². The van der Waals surface area contributed by atoms with Gasteiger partial charge in [-0.25, -0.2) is 9.59 Å². The Balaban J connectivity index is 1.61. The molecule has 0 spiro atoms. The molecule has 3 aromatic rings. The maximum atomic E-state index is 13.5. The van der Waals surface area contributed by atoms with Crippen LogP contribution >= 0.6 is 0 Å². The van der Waals surface area contributed by atoms with Crippen LogP contribution in [0.15, 0.2) is 48.5 Å². The van der Waals surface area contributed by atoms with Crippen LogP contribution in [0.1, 0.15) is 59.2 Å². The van der Waals surface area contributed by atoms with Crippen LogP contribution in [0.3, 0.4) is 0 Å². The van der Waals surface area contributed by atoms with Gasteiger partial charge in [0.1, 0.15) is 6.04 Å². The highest BCUT2D eigenvalue weighted by Crippen LogP contribution is 2.29. The predicted octanol–water partition coefficient (Wildman–Crippen LogP) is 6.04. The number of benzene rings is 3. The highest BCUT2D eigenvalue weighted by molar-refractivity contribution is 6.10. The summed E-state index contributed by atoms with van der Waals surface area (Å²) in [6, 6.07) is 13.3. The van der Waals surface area contributed by atoms with Gasteiger partial charge in [0.25, 0.3) is 5.91 Å². The third kappa shape index (κ3) is 6.15. The fourth-order valence-electron chi connectivity index (χ4n) is 5.34. The summed E-state index contributed by atoms with van der Waals surface area (Å²) in [7, 11) is 0. The van der Waals surface area contributed by atoms with Gasteiger partial charge in [-0.2, -0.15) is 0 Å². The van der Waals surface area contributed by atoms with Gasteiger partial charge in [0.05, 0.1) is 11.3 Å². The smallest absolute Gasteiger partial charge is 0.326 e. The fraction of sp³-hybridized carbons (Fsp3) is 0.323. The Morgan fingerprint density at radius 2 is 1.61 bits per heavy atom. The molecule has 0 aromatic heterocycles. The molecule has 0 aliphatic heterocycles. The second-order valence-electron chi connectivity index (χ2n) is 10.00. The van der Waals surface area contributed by atoms with Gasteiger partial charge < -0.3 is 21.1 Å². The molecule has 3 amide bonds. The van der Waals surface area contributed by atoms with Gasteiger partial charge in [-0.3, -0.25) is 4.79 Å². The first-order valence-electron chi connectivity index (χ1n) is 12.9. The van der Waals surface area contributed by atoms with Crippen molar-refractivity contribution in [3.05, 3.63) is 70.8 Å². The standard InChI is InChI=1S/C31H33N3O4/c1-4-10-21-15-19(2)27(20(3)16-21)34-31(38)32-26-18-24-14-9-8-13-23(24)17-25(26)29(35)33-28(30(36)37)22-11-6-5-7-12-22/h1,8-9,13-18,22,28H,5-7,10-12H2,2-3H3,(H,33,35)(H,36,37)(H2,32,34,38)/t28-/m0/s1. The van der Waals surface area contributed by atoms with E-state index in [1.54, 1.807) is 12.1 Å². The molecule has 0 heterocycles. The van der Waals surface area contributed by atoms with Crippen molar-refractivity contribution in [1.29, 1.82) is 0 Å². The molecule has 1 aliphatic carbocycles. The largest absolute Gasteiger partial charge is 0.480 e. The molecule has 4 rings (SSSR count). The van der Waals surface area contributed by atoms with E-state index < -0.39 is 23.9 Å². The van der Waals surface area contributed by atoms with Gasteiger partial charge in [-0.1, -0.05) is 55.7 Å². The number of hydrogen-bond acceptors (Lipinski definition) is 3. The van der Waals surface area contributed by atoms with Gasteiger partial charge in [0.2, 0.25) is 0 Å². The van der Waals surface area contributed by atoms with E-state index in [1.807, 2.05) is 50.2 Å². The first-order valence-corrected chi connectivity index (χ1v) is 12.9. The topological polar surface area (TPSA) is 108 Å². The van der Waals surface area contributed by atoms with Gasteiger partial charge >= 0.3 is 12.0 Å². The second kappa shape index (κ2) is 11.8. The van der Waals surface area contributed by atoms with Crippen LogP contribution in [0, 0.1) is 32.1 Å². The molecule has 0 unspecified atom stereocenters. The Labute approximate surface area is 223 Å². The Bertz CT molecular complexity index is 1390. The Kier molecular flexibility index (Phi) is 8.32. The number of anilines is 2. The van der Waals surface area contributed by atoms with Crippen LogP contribution in [0.25, 0.3) is 10.8 Å². The number of aryl methyl sites for hydroxylation is 2. The van der Waals surface area contributed by atoms with Crippen LogP contribution in [0.5, 0.6) is 0 Å². The number of urea groups is 1. The van der Waals surface area contributed by atoms with E-state index in [0.717, 1.165) is 59.6 Å². The lowest BCUT2D eigenvalue weighted by atomic mass is 9.83. The molecule has 7 heteroatoms. The Hall–Kier alpha value is -4.31. The van der Waals surface area contributed by atoms with Crippen LogP contribution in [0.2, 0.25) is 0 Å². The van der Waals surface area contributed by atoms with E-state index in [4.69, 9.17) is 6.42 Å². The zero-order chi connectivity index (χ0) is 27.2. The van der Waals surface area contributed by atoms with Gasteiger partial charge in [0, 0.05) is 12.1 Å². The van der Waals surface area contributed by atoms with Gasteiger partial charge in [0.15, 0.2) is 0 Å². The number of rotatable bonds is 7. The highest BCUT2D eigenvalue weighted by atomic mass is 16.4. The fourth-order valence-corrected chi connectivity index (χ4v) is 5.34. The molecule has 1 atom stereocenters. The van der Waals surface area contributed by atoms with Crippen LogP contribution in [0.4, 0.5) is 16.2 Å². The van der Waals surface area contributed by atoms with Crippen molar-refractivity contribution in [3.8, 4) is 12.3 Å². The third-order valence-electron chi connectivity index (χ3n) is 7.19. The van der Waals surface area contributed by atoms with E-state index in [2.05, 4.69) is 21.9 Å². The maximum Gasteiger partial charge on any atom is 0.326 e. The molecule has 0 radical (unpaired) electrons. The lowest BCUT2D eigenvalue weighted by Crippen LogP contribution is -2.46. The summed E-state index contributed by atoms with van der Waals surface area (Å²) in [4.78, 5) is 38.6. The van der Waals surface area contributed by atoms with Crippen LogP contribution < -0.4 is 16.0 Å². The van der Waals surface area contributed by atoms with Crippen LogP contribution in [-0.2, 0) is 11.2 Å². The lowest BCUT2D eigenvalue weighted by Gasteiger charge is -2.28. The predicted molar refractivity (Wildman–Crippen MR) is 151 cm³/mol. The number of terminal acetylenes is 1. The summed E-state index contributed by atoms with van der Waals surface area (Å²) in [5, 5.41) is 20.0. The molecule has 3 aromatic carbocycles. The first-order chi connectivity index (χ1) is 18.3. The van der Waals surface area contributed by atoms with Crippen molar-refractivity contribution >= 4 is 40.1 Å². The summed E-state index contributed by atoms with van der Waals surface area (Å²) >= 11 is 0. The number of fused-ring (bicyclic) bond motifs is 1. The number of nitrogens with one attached hydrogen (secondary N) is 3. The van der Waals surface area contributed by atoms with Gasteiger partial charge in [-0.15, -0.1) is 12.3 Å². The van der Waals surface area contributed by atoms with E-state index in [0.29, 0.717) is 17.8 Å². The van der Waals surface area contributed by atoms with E-state index in [1.165, 1.54) is 0 Å². The third-order valence-corrected chi connectivity index (χ3v) is 7.19. The zero-order valence-electron chi connectivity index (χ0n) is 21.8. The number of carbonyl (C=O) groups excluding carboxylic acids is 2. The van der Waals surface area contributed by atoms with Crippen molar-refractivity contribution in [2.24, 2.45) is 5.92 Å². The molecule has 1 saturated carbocycles. The number of amides is 3. The molecule has 0 bridgehead atoms. The Morgan fingerprint density at radius 3 is 2.21 bits per heavy atom. The lowest BCUT2D eigenvalue weighted by molar-refractivity contribution is -0.141. The van der Waals surface area contributed by atoms with Crippen LogP contribution in [-0.4, -0.2) is 29.1 Å². The van der Waals surface area contributed by atoms with E-state index >= 15 is 0 Å². The summed E-state index contributed by atoms with van der Waals surface area (Å²) in [5.74, 6) is 0.936.